The molecule has 0 amide bonds. The third kappa shape index (κ3) is 3.24. The van der Waals surface area contributed by atoms with Crippen LogP contribution in [0.5, 0.6) is 0 Å². The van der Waals surface area contributed by atoms with Crippen molar-refractivity contribution in [1.82, 2.24) is 14.5 Å². The number of rotatable bonds is 5. The highest BCUT2D eigenvalue weighted by Gasteiger charge is 2.12. The van der Waals surface area contributed by atoms with Crippen molar-refractivity contribution in [3.05, 3.63) is 89.9 Å². The third-order valence-electron chi connectivity index (χ3n) is 4.38. The first kappa shape index (κ1) is 15.4. The predicted octanol–water partition coefficient (Wildman–Crippen LogP) is 4.40. The Morgan fingerprint density at radius 3 is 2.28 bits per heavy atom. The summed E-state index contributed by atoms with van der Waals surface area (Å²) in [5, 5.41) is 4.51. The van der Waals surface area contributed by atoms with Crippen molar-refractivity contribution in [1.29, 1.82) is 0 Å². The van der Waals surface area contributed by atoms with Gasteiger partial charge in [0.2, 0.25) is 0 Å². The number of aryl methyl sites for hydroxylation is 1. The van der Waals surface area contributed by atoms with Gasteiger partial charge in [-0.2, -0.15) is 0 Å². The lowest BCUT2D eigenvalue weighted by Gasteiger charge is -2.09. The van der Waals surface area contributed by atoms with Crippen LogP contribution in [-0.2, 0) is 13.1 Å². The molecule has 2 aromatic carbocycles. The number of fused-ring (bicyclic) bond motifs is 1. The Labute approximate surface area is 147 Å². The number of nitrogens with one attached hydrogen (secondary N) is 1. The summed E-state index contributed by atoms with van der Waals surface area (Å²) < 4.78 is 2.24. The van der Waals surface area contributed by atoms with Gasteiger partial charge in [0.05, 0.1) is 5.39 Å². The van der Waals surface area contributed by atoms with Gasteiger partial charge >= 0.3 is 0 Å². The van der Waals surface area contributed by atoms with Gasteiger partial charge in [-0.05, 0) is 24.1 Å². The molecule has 0 spiro atoms. The lowest BCUT2D eigenvalue weighted by atomic mass is 10.2. The average Bonchev–Trinajstić information content (AvgIpc) is 2.98. The molecule has 124 valence electrons. The Hall–Kier alpha value is -3.14. The molecule has 2 aromatic heterocycles. The first-order valence-corrected chi connectivity index (χ1v) is 8.44. The molecule has 0 aliphatic rings. The lowest BCUT2D eigenvalue weighted by molar-refractivity contribution is 0.793. The predicted molar refractivity (Wildman–Crippen MR) is 102 cm³/mol. The largest absolute Gasteiger partial charge is 0.365 e. The van der Waals surface area contributed by atoms with Crippen LogP contribution in [0.2, 0.25) is 0 Å². The molecule has 0 unspecified atom stereocenters. The maximum absolute atomic E-state index is 4.53. The zero-order valence-electron chi connectivity index (χ0n) is 14.2. The van der Waals surface area contributed by atoms with Gasteiger partial charge in [-0.1, -0.05) is 60.7 Å². The van der Waals surface area contributed by atoms with Crippen LogP contribution in [0.1, 0.15) is 16.8 Å². The van der Waals surface area contributed by atoms with Crippen molar-refractivity contribution < 1.29 is 0 Å². The van der Waals surface area contributed by atoms with Crippen molar-refractivity contribution in [2.24, 2.45) is 0 Å². The van der Waals surface area contributed by atoms with Gasteiger partial charge < -0.3 is 9.88 Å². The number of anilines is 1. The minimum absolute atomic E-state index is 0.746. The molecule has 2 heterocycles. The van der Waals surface area contributed by atoms with E-state index in [2.05, 4.69) is 69.2 Å². The molecule has 25 heavy (non-hydrogen) atoms. The van der Waals surface area contributed by atoms with E-state index in [1.54, 1.807) is 6.33 Å². The van der Waals surface area contributed by atoms with E-state index < -0.39 is 0 Å². The summed E-state index contributed by atoms with van der Waals surface area (Å²) >= 11 is 0. The Balaban J connectivity index is 1.65. The van der Waals surface area contributed by atoms with Crippen LogP contribution >= 0.6 is 0 Å². The summed E-state index contributed by atoms with van der Waals surface area (Å²) in [5.74, 6) is 0.878. The molecule has 4 nitrogen and oxygen atoms in total. The topological polar surface area (TPSA) is 42.7 Å². The highest BCUT2D eigenvalue weighted by Crippen LogP contribution is 2.24. The number of nitrogens with zero attached hydrogens (tertiary/aromatic N) is 3. The molecule has 0 atom stereocenters. The molecule has 4 aromatic rings. The van der Waals surface area contributed by atoms with E-state index in [0.29, 0.717) is 0 Å². The van der Waals surface area contributed by atoms with E-state index in [0.717, 1.165) is 29.9 Å². The van der Waals surface area contributed by atoms with Crippen LogP contribution < -0.4 is 5.32 Å². The number of hydrogen-bond acceptors (Lipinski definition) is 3. The molecule has 0 saturated carbocycles. The fraction of sp³-hybridized carbons (Fsp3) is 0.143. The molecular formula is C21H20N4. The first-order chi connectivity index (χ1) is 12.3. The van der Waals surface area contributed by atoms with E-state index >= 15 is 0 Å². The van der Waals surface area contributed by atoms with E-state index in [1.807, 2.05) is 24.3 Å². The molecule has 1 N–H and O–H groups in total. The smallest absolute Gasteiger partial charge is 0.145 e. The van der Waals surface area contributed by atoms with Gasteiger partial charge in [0.1, 0.15) is 17.8 Å². The third-order valence-corrected chi connectivity index (χ3v) is 4.38. The second kappa shape index (κ2) is 6.77. The maximum Gasteiger partial charge on any atom is 0.145 e. The molecule has 0 aliphatic heterocycles. The van der Waals surface area contributed by atoms with Crippen molar-refractivity contribution >= 4 is 16.9 Å². The van der Waals surface area contributed by atoms with Crippen LogP contribution in [0.25, 0.3) is 11.0 Å². The standard InChI is InChI=1S/C21H20N4/c1-16-12-19-20(22-13-17-8-4-2-5-9-17)23-15-24-21(19)25(16)14-18-10-6-3-7-11-18/h2-12,15H,13-14H2,1H3,(H,22,23,24). The van der Waals surface area contributed by atoms with Gasteiger partial charge in [-0.3, -0.25) is 0 Å². The molecular weight excluding hydrogens is 308 g/mol. The van der Waals surface area contributed by atoms with Crippen LogP contribution in [0.3, 0.4) is 0 Å². The lowest BCUT2D eigenvalue weighted by Crippen LogP contribution is -2.04. The van der Waals surface area contributed by atoms with Gasteiger partial charge in [0.15, 0.2) is 0 Å². The summed E-state index contributed by atoms with van der Waals surface area (Å²) in [5.41, 5.74) is 4.64. The monoisotopic (exact) mass is 328 g/mol. The molecule has 4 rings (SSSR count). The van der Waals surface area contributed by atoms with Gasteiger partial charge in [-0.25, -0.2) is 9.97 Å². The highest BCUT2D eigenvalue weighted by atomic mass is 15.1. The van der Waals surface area contributed by atoms with Crippen LogP contribution in [0.4, 0.5) is 5.82 Å². The Kier molecular flexibility index (Phi) is 4.17. The van der Waals surface area contributed by atoms with Crippen molar-refractivity contribution in [3.8, 4) is 0 Å². The average molecular weight is 328 g/mol. The number of aromatic nitrogens is 3. The molecule has 4 heteroatoms. The molecule has 0 fully saturated rings. The summed E-state index contributed by atoms with van der Waals surface area (Å²) in [7, 11) is 0. The van der Waals surface area contributed by atoms with E-state index in [-0.39, 0.29) is 0 Å². The van der Waals surface area contributed by atoms with E-state index in [1.165, 1.54) is 16.8 Å². The zero-order chi connectivity index (χ0) is 17.1. The summed E-state index contributed by atoms with van der Waals surface area (Å²) in [6, 6.07) is 23.0. The minimum Gasteiger partial charge on any atom is -0.365 e. The Morgan fingerprint density at radius 1 is 0.880 bits per heavy atom. The number of benzene rings is 2. The van der Waals surface area contributed by atoms with Crippen molar-refractivity contribution in [2.45, 2.75) is 20.0 Å². The van der Waals surface area contributed by atoms with Gasteiger partial charge in [0.25, 0.3) is 0 Å². The first-order valence-electron chi connectivity index (χ1n) is 8.44. The molecule has 0 bridgehead atoms. The summed E-state index contributed by atoms with van der Waals surface area (Å²) in [4.78, 5) is 8.97. The van der Waals surface area contributed by atoms with Crippen LogP contribution in [0, 0.1) is 6.92 Å². The summed E-state index contributed by atoms with van der Waals surface area (Å²) in [6.45, 7) is 3.67. The normalized spacial score (nSPS) is 10.9. The Bertz CT molecular complexity index is 975. The Morgan fingerprint density at radius 2 is 1.56 bits per heavy atom. The maximum atomic E-state index is 4.53. The fourth-order valence-electron chi connectivity index (χ4n) is 3.08. The number of hydrogen-bond donors (Lipinski definition) is 1. The van der Waals surface area contributed by atoms with Crippen molar-refractivity contribution in [2.75, 3.05) is 5.32 Å². The molecule has 0 aliphatic carbocycles. The van der Waals surface area contributed by atoms with E-state index in [9.17, 15) is 0 Å². The summed E-state index contributed by atoms with van der Waals surface area (Å²) in [6.07, 6.45) is 1.64. The minimum atomic E-state index is 0.746. The van der Waals surface area contributed by atoms with E-state index in [4.69, 9.17) is 0 Å². The highest BCUT2D eigenvalue weighted by molar-refractivity contribution is 5.88. The SMILES string of the molecule is Cc1cc2c(NCc3ccccc3)ncnc2n1Cc1ccccc1. The van der Waals surface area contributed by atoms with Crippen LogP contribution in [0.15, 0.2) is 73.1 Å². The zero-order valence-corrected chi connectivity index (χ0v) is 14.2. The van der Waals surface area contributed by atoms with Crippen molar-refractivity contribution in [3.63, 3.8) is 0 Å². The van der Waals surface area contributed by atoms with Crippen LogP contribution in [-0.4, -0.2) is 14.5 Å². The quantitative estimate of drug-likeness (QED) is 0.590. The van der Waals surface area contributed by atoms with Gasteiger partial charge in [-0.15, -0.1) is 0 Å². The fourth-order valence-corrected chi connectivity index (χ4v) is 3.08. The molecule has 0 saturated heterocycles. The van der Waals surface area contributed by atoms with Gasteiger partial charge in [0, 0.05) is 18.8 Å². The second-order valence-corrected chi connectivity index (χ2v) is 6.16. The second-order valence-electron chi connectivity index (χ2n) is 6.16. The molecule has 0 radical (unpaired) electrons.